The van der Waals surface area contributed by atoms with E-state index in [1.165, 1.54) is 6.20 Å². The first-order valence-corrected chi connectivity index (χ1v) is 2.30. The van der Waals surface area contributed by atoms with Crippen LogP contribution < -0.4 is 4.90 Å². The minimum Gasteiger partial charge on any atom is -0.359 e. The van der Waals surface area contributed by atoms with Crippen molar-refractivity contribution in [2.24, 2.45) is 0 Å². The predicted octanol–water partition coefficient (Wildman–Crippen LogP) is 0.0705. The van der Waals surface area contributed by atoms with E-state index in [0.29, 0.717) is 0 Å². The molecule has 1 aromatic heterocycles. The Bertz CT molecular complexity index is 146. The summed E-state index contributed by atoms with van der Waals surface area (Å²) in [6.45, 7) is 0. The molecule has 0 fully saturated rings. The Balaban J connectivity index is 3.12. The van der Waals surface area contributed by atoms with Gasteiger partial charge in [-0.05, 0) is 4.90 Å². The van der Waals surface area contributed by atoms with Gasteiger partial charge in [0.1, 0.15) is 0 Å². The Hall–Kier alpha value is -0.580. The van der Waals surface area contributed by atoms with Gasteiger partial charge in [-0.3, -0.25) is 4.63 Å². The summed E-state index contributed by atoms with van der Waals surface area (Å²) >= 11 is 2.86. The van der Waals surface area contributed by atoms with Crippen molar-refractivity contribution >= 4 is 15.9 Å². The molecule has 0 aromatic carbocycles. The van der Waals surface area contributed by atoms with E-state index in [4.69, 9.17) is 0 Å². The second kappa shape index (κ2) is 1.49. The van der Waals surface area contributed by atoms with Crippen LogP contribution in [0.3, 0.4) is 0 Å². The van der Waals surface area contributed by atoms with Crippen molar-refractivity contribution < 1.29 is 9.53 Å². The van der Waals surface area contributed by atoms with E-state index >= 15 is 0 Å². The van der Waals surface area contributed by atoms with Crippen LogP contribution in [-0.4, -0.2) is 5.16 Å². The third-order valence-electron chi connectivity index (χ3n) is 0.455. The van der Waals surface area contributed by atoms with E-state index in [-0.39, 0.29) is 9.51 Å². The lowest BCUT2D eigenvalue weighted by molar-refractivity contribution is -0.811. The molecule has 0 aliphatic heterocycles. The number of aromatic nitrogens is 2. The maximum absolute atomic E-state index is 10.1. The molecule has 0 atom stereocenters. The largest absolute Gasteiger partial charge is 0.359 e. The van der Waals surface area contributed by atoms with Crippen LogP contribution in [0.15, 0.2) is 15.4 Å². The van der Waals surface area contributed by atoms with Crippen molar-refractivity contribution in [1.29, 1.82) is 0 Å². The van der Waals surface area contributed by atoms with Crippen LogP contribution in [0, 0.1) is 5.21 Å². The fourth-order valence-electron chi connectivity index (χ4n) is 0.196. The molecule has 0 saturated carbocycles. The van der Waals surface area contributed by atoms with Crippen molar-refractivity contribution in [3.8, 4) is 0 Å². The fourth-order valence-corrected chi connectivity index (χ4v) is 0.344. The number of halogens is 1. The molecule has 0 spiro atoms. The fraction of sp³-hybridized carbons (Fsp3) is 0. The molecule has 0 bridgehead atoms. The molecule has 0 aliphatic carbocycles. The van der Waals surface area contributed by atoms with Gasteiger partial charge in [0.15, 0.2) is 0 Å². The summed E-state index contributed by atoms with van der Waals surface area (Å²) in [5, 5.41) is 13.2. The smallest absolute Gasteiger partial charge is 0.260 e. The first kappa shape index (κ1) is 4.58. The van der Waals surface area contributed by atoms with E-state index in [2.05, 4.69) is 25.7 Å². The SMILES string of the molecule is [O-][n+]1oncc1Br. The van der Waals surface area contributed by atoms with Crippen molar-refractivity contribution in [3.05, 3.63) is 16.0 Å². The average molecular weight is 165 g/mol. The third kappa shape index (κ3) is 0.714. The molecule has 0 N–H and O–H groups in total. The molecule has 4 nitrogen and oxygen atoms in total. The van der Waals surface area contributed by atoms with Gasteiger partial charge >= 0.3 is 0 Å². The van der Waals surface area contributed by atoms with Gasteiger partial charge in [0.05, 0.1) is 0 Å². The summed E-state index contributed by atoms with van der Waals surface area (Å²) < 4.78 is 4.31. The van der Waals surface area contributed by atoms with Gasteiger partial charge in [0, 0.05) is 21.1 Å². The normalized spacial score (nSPS) is 9.29. The molecule has 5 heteroatoms. The third-order valence-corrected chi connectivity index (χ3v) is 0.949. The van der Waals surface area contributed by atoms with Gasteiger partial charge in [-0.25, -0.2) is 0 Å². The highest BCUT2D eigenvalue weighted by Crippen LogP contribution is 1.96. The second-order valence-electron chi connectivity index (χ2n) is 0.896. The maximum Gasteiger partial charge on any atom is 0.260 e. The molecule has 1 rings (SSSR count). The van der Waals surface area contributed by atoms with Crippen molar-refractivity contribution in [2.45, 2.75) is 0 Å². The average Bonchev–Trinajstić information content (AvgIpc) is 1.91. The highest BCUT2D eigenvalue weighted by molar-refractivity contribution is 9.10. The standard InChI is InChI=1S/C2HBrN2O2/c3-2-1-4-7-5(2)6/h1H. The first-order valence-electron chi connectivity index (χ1n) is 1.51. The zero-order valence-electron chi connectivity index (χ0n) is 3.17. The van der Waals surface area contributed by atoms with Gasteiger partial charge in [0.2, 0.25) is 6.20 Å². The minimum absolute atomic E-state index is 0.264. The Morgan fingerprint density at radius 1 is 2.00 bits per heavy atom. The number of hydrogen-bond donors (Lipinski definition) is 0. The summed E-state index contributed by atoms with van der Waals surface area (Å²) in [7, 11) is 0. The van der Waals surface area contributed by atoms with E-state index in [0.717, 1.165) is 0 Å². The molecule has 1 aromatic rings. The van der Waals surface area contributed by atoms with Gasteiger partial charge in [-0.1, -0.05) is 0 Å². The number of hydrogen-bond acceptors (Lipinski definition) is 3. The molecule has 0 aliphatic rings. The Labute approximate surface area is 47.4 Å². The number of rotatable bonds is 0. The highest BCUT2D eigenvalue weighted by atomic mass is 79.9. The molecule has 0 amide bonds. The van der Waals surface area contributed by atoms with Crippen molar-refractivity contribution in [1.82, 2.24) is 5.16 Å². The summed E-state index contributed by atoms with van der Waals surface area (Å²) in [5.41, 5.74) is 0. The quantitative estimate of drug-likeness (QED) is 0.511. The summed E-state index contributed by atoms with van der Waals surface area (Å²) in [5.74, 6) is 0. The van der Waals surface area contributed by atoms with Crippen LogP contribution in [0.25, 0.3) is 0 Å². The second-order valence-corrected chi connectivity index (χ2v) is 1.71. The zero-order valence-corrected chi connectivity index (χ0v) is 4.75. The van der Waals surface area contributed by atoms with E-state index < -0.39 is 0 Å². The summed E-state index contributed by atoms with van der Waals surface area (Å²) in [4.78, 5) is 0.264. The number of nitrogens with zero attached hydrogens (tertiary/aromatic N) is 2. The lowest BCUT2D eigenvalue weighted by Gasteiger charge is -1.79. The Morgan fingerprint density at radius 2 is 2.71 bits per heavy atom. The Kier molecular flexibility index (Phi) is 0.976. The first-order chi connectivity index (χ1) is 3.30. The van der Waals surface area contributed by atoms with Crippen LogP contribution in [-0.2, 0) is 0 Å². The maximum atomic E-state index is 10.1. The van der Waals surface area contributed by atoms with Gasteiger partial charge in [-0.2, -0.15) is 0 Å². The van der Waals surface area contributed by atoms with Crippen molar-refractivity contribution in [3.63, 3.8) is 0 Å². The lowest BCUT2D eigenvalue weighted by Crippen LogP contribution is -2.23. The van der Waals surface area contributed by atoms with Crippen LogP contribution in [0.5, 0.6) is 0 Å². The lowest BCUT2D eigenvalue weighted by atomic mass is 11.0. The molecule has 38 valence electrons. The molecule has 0 unspecified atom stereocenters. The van der Waals surface area contributed by atoms with Gasteiger partial charge in [-0.15, -0.1) is 0 Å². The Morgan fingerprint density at radius 3 is 2.86 bits per heavy atom. The minimum atomic E-state index is 0.264. The van der Waals surface area contributed by atoms with Gasteiger partial charge < -0.3 is 5.21 Å². The van der Waals surface area contributed by atoms with Crippen LogP contribution in [0.2, 0.25) is 0 Å². The van der Waals surface area contributed by atoms with Crippen molar-refractivity contribution in [2.75, 3.05) is 0 Å². The molecule has 1 heterocycles. The van der Waals surface area contributed by atoms with E-state index in [1.54, 1.807) is 0 Å². The molecular weight excluding hydrogens is 164 g/mol. The molecule has 7 heavy (non-hydrogen) atoms. The molecular formula is C2HBrN2O2. The topological polar surface area (TPSA) is 53.0 Å². The summed E-state index contributed by atoms with van der Waals surface area (Å²) in [6, 6.07) is 0. The van der Waals surface area contributed by atoms with Crippen LogP contribution in [0.1, 0.15) is 0 Å². The van der Waals surface area contributed by atoms with E-state index in [1.807, 2.05) is 0 Å². The molecule has 0 saturated heterocycles. The van der Waals surface area contributed by atoms with E-state index in [9.17, 15) is 5.21 Å². The predicted molar refractivity (Wildman–Crippen MR) is 23.2 cm³/mol. The summed E-state index contributed by atoms with van der Waals surface area (Å²) in [6.07, 6.45) is 1.27. The highest BCUT2D eigenvalue weighted by Gasteiger charge is 1.97. The zero-order chi connectivity index (χ0) is 5.28. The van der Waals surface area contributed by atoms with Crippen LogP contribution in [0.4, 0.5) is 0 Å². The van der Waals surface area contributed by atoms with Crippen LogP contribution >= 0.6 is 15.9 Å². The van der Waals surface area contributed by atoms with Gasteiger partial charge in [0.25, 0.3) is 4.60 Å². The molecule has 0 radical (unpaired) electrons. The monoisotopic (exact) mass is 164 g/mol.